The van der Waals surface area contributed by atoms with Gasteiger partial charge in [0.25, 0.3) is 0 Å². The second-order valence-electron chi connectivity index (χ2n) is 9.19. The topological polar surface area (TPSA) is 74.8 Å². The summed E-state index contributed by atoms with van der Waals surface area (Å²) in [5.41, 5.74) is 2.33. The number of carbonyl (C=O) groups is 2. The Morgan fingerprint density at radius 1 is 1.12 bits per heavy atom. The number of anilines is 1. The summed E-state index contributed by atoms with van der Waals surface area (Å²) >= 11 is 0. The molecule has 0 unspecified atom stereocenters. The molecule has 1 N–H and O–H groups in total. The van der Waals surface area contributed by atoms with Crippen LogP contribution in [0.5, 0.6) is 5.75 Å². The standard InChI is InChI=1S/C26H34N4O3/c1-20-16-22(18-27-17-20)19-30-13-7-11-26(30)10-5-6-12-29(21(2)31)14-15-33-24-9-4-3-8-23(24)28-25(26)32/h3-4,8-9,16-18H,5-7,10-15,19H2,1-2H3,(H,28,32)/t26-/m1/s1. The maximum Gasteiger partial charge on any atom is 0.245 e. The van der Waals surface area contributed by atoms with E-state index in [2.05, 4.69) is 21.3 Å². The zero-order valence-electron chi connectivity index (χ0n) is 19.7. The van der Waals surface area contributed by atoms with Gasteiger partial charge in [-0.3, -0.25) is 19.5 Å². The number of para-hydroxylation sites is 2. The maximum absolute atomic E-state index is 13.9. The predicted molar refractivity (Wildman–Crippen MR) is 128 cm³/mol. The lowest BCUT2D eigenvalue weighted by Crippen LogP contribution is -2.52. The molecule has 0 aliphatic carbocycles. The summed E-state index contributed by atoms with van der Waals surface area (Å²) in [6, 6.07) is 9.69. The Bertz CT molecular complexity index is 995. The fourth-order valence-corrected chi connectivity index (χ4v) is 5.09. The van der Waals surface area contributed by atoms with Gasteiger partial charge < -0.3 is 15.0 Å². The number of fused-ring (bicyclic) bond motifs is 1. The number of ether oxygens (including phenoxy) is 1. The molecular weight excluding hydrogens is 416 g/mol. The number of nitrogens with zero attached hydrogens (tertiary/aromatic N) is 3. The Morgan fingerprint density at radius 2 is 1.94 bits per heavy atom. The number of likely N-dealkylation sites (tertiary alicyclic amines) is 1. The second kappa shape index (κ2) is 10.3. The SMILES string of the molecule is CC(=O)N1CCCC[C@@]2(CCCN2Cc2cncc(C)c2)C(=O)Nc2ccccc2OCC1. The van der Waals surface area contributed by atoms with E-state index in [4.69, 9.17) is 4.74 Å². The number of amides is 2. The van der Waals surface area contributed by atoms with Crippen LogP contribution in [0, 0.1) is 6.92 Å². The lowest BCUT2D eigenvalue weighted by Gasteiger charge is -2.37. The number of aromatic nitrogens is 1. The van der Waals surface area contributed by atoms with Crippen molar-refractivity contribution in [3.05, 3.63) is 53.9 Å². The van der Waals surface area contributed by atoms with E-state index in [0.717, 1.165) is 49.8 Å². The lowest BCUT2D eigenvalue weighted by molar-refractivity contribution is -0.130. The third-order valence-electron chi connectivity index (χ3n) is 6.82. The smallest absolute Gasteiger partial charge is 0.245 e. The van der Waals surface area contributed by atoms with Gasteiger partial charge in [0.05, 0.1) is 12.2 Å². The molecule has 0 radical (unpaired) electrons. The lowest BCUT2D eigenvalue weighted by atomic mass is 9.87. The van der Waals surface area contributed by atoms with Crippen LogP contribution < -0.4 is 10.1 Å². The highest BCUT2D eigenvalue weighted by molar-refractivity contribution is 5.99. The van der Waals surface area contributed by atoms with E-state index >= 15 is 0 Å². The van der Waals surface area contributed by atoms with Crippen LogP contribution in [-0.4, -0.2) is 58.4 Å². The largest absolute Gasteiger partial charge is 0.490 e. The zero-order valence-corrected chi connectivity index (χ0v) is 19.7. The quantitative estimate of drug-likeness (QED) is 0.754. The van der Waals surface area contributed by atoms with Crippen molar-refractivity contribution in [1.82, 2.24) is 14.8 Å². The van der Waals surface area contributed by atoms with E-state index < -0.39 is 5.54 Å². The molecule has 0 saturated carbocycles. The van der Waals surface area contributed by atoms with Crippen molar-refractivity contribution in [3.8, 4) is 5.75 Å². The number of hydrogen-bond donors (Lipinski definition) is 1. The number of hydrogen-bond acceptors (Lipinski definition) is 5. The molecule has 1 aromatic carbocycles. The summed E-state index contributed by atoms with van der Waals surface area (Å²) in [5, 5.41) is 3.19. The van der Waals surface area contributed by atoms with Crippen molar-refractivity contribution in [3.63, 3.8) is 0 Å². The Kier molecular flexibility index (Phi) is 7.28. The van der Waals surface area contributed by atoms with Gasteiger partial charge in [0.1, 0.15) is 17.9 Å². The molecule has 1 saturated heterocycles. The third kappa shape index (κ3) is 5.36. The Hall–Kier alpha value is -2.93. The maximum atomic E-state index is 13.9. The van der Waals surface area contributed by atoms with Crippen molar-refractivity contribution in [2.75, 3.05) is 31.6 Å². The van der Waals surface area contributed by atoms with Gasteiger partial charge in [-0.15, -0.1) is 0 Å². The van der Waals surface area contributed by atoms with Gasteiger partial charge in [-0.1, -0.05) is 18.2 Å². The van der Waals surface area contributed by atoms with E-state index in [9.17, 15) is 9.59 Å². The molecule has 7 nitrogen and oxygen atoms in total. The van der Waals surface area contributed by atoms with Gasteiger partial charge in [0, 0.05) is 32.4 Å². The summed E-state index contributed by atoms with van der Waals surface area (Å²) in [7, 11) is 0. The summed E-state index contributed by atoms with van der Waals surface area (Å²) in [6.07, 6.45) is 8.04. The highest BCUT2D eigenvalue weighted by Gasteiger charge is 2.47. The summed E-state index contributed by atoms with van der Waals surface area (Å²) in [6.45, 7) is 6.82. The van der Waals surface area contributed by atoms with Crippen LogP contribution in [-0.2, 0) is 16.1 Å². The Labute approximate surface area is 196 Å². The molecule has 2 aromatic rings. The van der Waals surface area contributed by atoms with Crippen molar-refractivity contribution >= 4 is 17.5 Å². The van der Waals surface area contributed by atoms with Crippen molar-refractivity contribution in [2.45, 2.75) is 58.0 Å². The van der Waals surface area contributed by atoms with Crippen molar-refractivity contribution in [2.24, 2.45) is 0 Å². The van der Waals surface area contributed by atoms with Crippen LogP contribution in [0.15, 0.2) is 42.7 Å². The first-order valence-electron chi connectivity index (χ1n) is 11.9. The molecule has 2 amide bonds. The fourth-order valence-electron chi connectivity index (χ4n) is 5.09. The monoisotopic (exact) mass is 450 g/mol. The molecule has 176 valence electrons. The first-order valence-corrected chi connectivity index (χ1v) is 11.9. The molecular formula is C26H34N4O3. The van der Waals surface area contributed by atoms with Crippen molar-refractivity contribution < 1.29 is 14.3 Å². The fraction of sp³-hybridized carbons (Fsp3) is 0.500. The van der Waals surface area contributed by atoms with Crippen LogP contribution in [0.1, 0.15) is 50.2 Å². The number of carbonyl (C=O) groups excluding carboxylic acids is 2. The number of pyridine rings is 1. The van der Waals surface area contributed by atoms with Crippen LogP contribution >= 0.6 is 0 Å². The second-order valence-corrected chi connectivity index (χ2v) is 9.19. The van der Waals surface area contributed by atoms with E-state index in [-0.39, 0.29) is 11.8 Å². The zero-order chi connectivity index (χ0) is 23.3. The average Bonchev–Trinajstić information content (AvgIpc) is 3.19. The van der Waals surface area contributed by atoms with Gasteiger partial charge in [0.15, 0.2) is 0 Å². The van der Waals surface area contributed by atoms with Gasteiger partial charge in [-0.2, -0.15) is 0 Å². The highest BCUT2D eigenvalue weighted by Crippen LogP contribution is 2.37. The summed E-state index contributed by atoms with van der Waals surface area (Å²) < 4.78 is 5.99. The van der Waals surface area contributed by atoms with E-state index in [1.165, 1.54) is 0 Å². The Balaban J connectivity index is 1.63. The molecule has 2 aliphatic rings. The number of aryl methyl sites for hydroxylation is 1. The van der Waals surface area contributed by atoms with Crippen LogP contribution in [0.3, 0.4) is 0 Å². The van der Waals surface area contributed by atoms with Crippen LogP contribution in [0.4, 0.5) is 5.69 Å². The molecule has 4 rings (SSSR count). The number of nitrogens with one attached hydrogen (secondary N) is 1. The van der Waals surface area contributed by atoms with E-state index in [0.29, 0.717) is 37.7 Å². The van der Waals surface area contributed by atoms with Gasteiger partial charge in [-0.25, -0.2) is 0 Å². The molecule has 3 heterocycles. The first-order chi connectivity index (χ1) is 16.0. The van der Waals surface area contributed by atoms with Crippen LogP contribution in [0.25, 0.3) is 0 Å². The molecule has 1 fully saturated rings. The van der Waals surface area contributed by atoms with Gasteiger partial charge in [-0.05, 0) is 68.8 Å². The Morgan fingerprint density at radius 3 is 2.76 bits per heavy atom. The molecule has 7 heteroatoms. The first kappa shape index (κ1) is 23.2. The average molecular weight is 451 g/mol. The van der Waals surface area contributed by atoms with Gasteiger partial charge in [0.2, 0.25) is 11.8 Å². The molecule has 0 bridgehead atoms. The third-order valence-corrected chi connectivity index (χ3v) is 6.82. The molecule has 33 heavy (non-hydrogen) atoms. The van der Waals surface area contributed by atoms with E-state index in [1.807, 2.05) is 48.5 Å². The molecule has 1 atom stereocenters. The molecule has 1 aromatic heterocycles. The number of benzene rings is 1. The van der Waals surface area contributed by atoms with Gasteiger partial charge >= 0.3 is 0 Å². The molecule has 1 spiro atoms. The minimum atomic E-state index is -0.591. The highest BCUT2D eigenvalue weighted by atomic mass is 16.5. The van der Waals surface area contributed by atoms with E-state index in [1.54, 1.807) is 6.92 Å². The van der Waals surface area contributed by atoms with Crippen molar-refractivity contribution in [1.29, 1.82) is 0 Å². The summed E-state index contributed by atoms with van der Waals surface area (Å²) in [5.74, 6) is 0.718. The number of rotatable bonds is 2. The normalized spacial score (nSPS) is 22.5. The minimum absolute atomic E-state index is 0.0272. The molecule has 2 aliphatic heterocycles. The summed E-state index contributed by atoms with van der Waals surface area (Å²) in [4.78, 5) is 34.5. The minimum Gasteiger partial charge on any atom is -0.490 e. The predicted octanol–water partition coefficient (Wildman–Crippen LogP) is 3.77. The van der Waals surface area contributed by atoms with Crippen LogP contribution in [0.2, 0.25) is 0 Å².